The van der Waals surface area contributed by atoms with E-state index >= 15 is 0 Å². The van der Waals surface area contributed by atoms with E-state index in [0.29, 0.717) is 23.0 Å². The zero-order valence-corrected chi connectivity index (χ0v) is 12.1. The maximum absolute atomic E-state index is 13.3. The maximum atomic E-state index is 13.3. The average molecular weight is 342 g/mol. The fraction of sp³-hybridized carbons (Fsp3) is 0.538. The lowest BCUT2D eigenvalue weighted by Crippen LogP contribution is -2.32. The summed E-state index contributed by atoms with van der Waals surface area (Å²) in [7, 11) is 0. The minimum absolute atomic E-state index is 0.0136. The molecule has 0 aliphatic heterocycles. The lowest BCUT2D eigenvalue weighted by atomic mass is 10.0. The molecule has 0 saturated carbocycles. The molecule has 0 bridgehead atoms. The van der Waals surface area contributed by atoms with Crippen LogP contribution in [0.5, 0.6) is 0 Å². The summed E-state index contributed by atoms with van der Waals surface area (Å²) >= 11 is 3.13. The number of alkyl halides is 3. The van der Waals surface area contributed by atoms with Gasteiger partial charge in [0.1, 0.15) is 5.82 Å². The lowest BCUT2D eigenvalue weighted by Gasteiger charge is -2.19. The van der Waals surface area contributed by atoms with Gasteiger partial charge in [0.2, 0.25) is 0 Å². The molecule has 0 radical (unpaired) electrons. The number of nitrogens with one attached hydrogen (secondary N) is 1. The highest BCUT2D eigenvalue weighted by atomic mass is 79.9. The molecule has 1 aromatic carbocycles. The van der Waals surface area contributed by atoms with Gasteiger partial charge in [0.05, 0.1) is 4.47 Å². The van der Waals surface area contributed by atoms with E-state index in [1.807, 2.05) is 6.92 Å². The van der Waals surface area contributed by atoms with Crippen LogP contribution < -0.4 is 5.32 Å². The highest BCUT2D eigenvalue weighted by molar-refractivity contribution is 9.10. The van der Waals surface area contributed by atoms with Crippen LogP contribution in [0.25, 0.3) is 0 Å². The number of benzene rings is 1. The Kier molecular flexibility index (Phi) is 6.26. The summed E-state index contributed by atoms with van der Waals surface area (Å²) in [5.74, 6) is -0.399. The van der Waals surface area contributed by atoms with Crippen LogP contribution >= 0.6 is 15.9 Å². The number of rotatable bonds is 6. The van der Waals surface area contributed by atoms with Crippen molar-refractivity contribution in [1.82, 2.24) is 5.32 Å². The second kappa shape index (κ2) is 7.24. The van der Waals surface area contributed by atoms with E-state index < -0.39 is 18.4 Å². The SMILES string of the molecule is CCNC(CCC(F)(F)F)Cc1cccc(F)c1Br. The summed E-state index contributed by atoms with van der Waals surface area (Å²) < 4.78 is 50.4. The van der Waals surface area contributed by atoms with E-state index in [1.54, 1.807) is 12.1 Å². The third kappa shape index (κ3) is 5.91. The van der Waals surface area contributed by atoms with Crippen molar-refractivity contribution < 1.29 is 17.6 Å². The standard InChI is InChI=1S/C13H16BrF4N/c1-2-19-10(6-7-13(16,17)18)8-9-4-3-5-11(15)12(9)14/h3-5,10,19H,2,6-8H2,1H3. The Morgan fingerprint density at radius 1 is 1.32 bits per heavy atom. The molecule has 0 saturated heterocycles. The van der Waals surface area contributed by atoms with Crippen LogP contribution in [0.1, 0.15) is 25.3 Å². The molecule has 1 atom stereocenters. The first-order chi connectivity index (χ1) is 8.83. The molecule has 1 aromatic rings. The first kappa shape index (κ1) is 16.4. The van der Waals surface area contributed by atoms with Gasteiger partial charge in [0.25, 0.3) is 0 Å². The van der Waals surface area contributed by atoms with E-state index in [4.69, 9.17) is 0 Å². The van der Waals surface area contributed by atoms with Crippen LogP contribution in [0.4, 0.5) is 17.6 Å². The van der Waals surface area contributed by atoms with Gasteiger partial charge >= 0.3 is 6.18 Å². The number of hydrogen-bond donors (Lipinski definition) is 1. The maximum Gasteiger partial charge on any atom is 0.389 e. The Morgan fingerprint density at radius 2 is 2.00 bits per heavy atom. The summed E-state index contributed by atoms with van der Waals surface area (Å²) in [6.45, 7) is 2.41. The number of hydrogen-bond acceptors (Lipinski definition) is 1. The quantitative estimate of drug-likeness (QED) is 0.753. The average Bonchev–Trinajstić information content (AvgIpc) is 2.31. The summed E-state index contributed by atoms with van der Waals surface area (Å²) in [4.78, 5) is 0. The van der Waals surface area contributed by atoms with Crippen molar-refractivity contribution >= 4 is 15.9 Å². The fourth-order valence-corrected chi connectivity index (χ4v) is 2.30. The summed E-state index contributed by atoms with van der Waals surface area (Å²) in [6, 6.07) is 4.27. The fourth-order valence-electron chi connectivity index (χ4n) is 1.87. The molecule has 0 fully saturated rings. The van der Waals surface area contributed by atoms with Crippen molar-refractivity contribution in [2.24, 2.45) is 0 Å². The van der Waals surface area contributed by atoms with Crippen LogP contribution in [0.15, 0.2) is 22.7 Å². The molecule has 6 heteroatoms. The molecule has 0 amide bonds. The molecule has 1 rings (SSSR count). The molecule has 0 aliphatic rings. The van der Waals surface area contributed by atoms with Crippen molar-refractivity contribution in [3.8, 4) is 0 Å². The molecule has 0 aromatic heterocycles. The second-order valence-electron chi connectivity index (χ2n) is 4.33. The molecular formula is C13H16BrF4N. The normalized spacial score (nSPS) is 13.6. The number of halogens is 5. The van der Waals surface area contributed by atoms with Gasteiger partial charge in [-0.1, -0.05) is 19.1 Å². The van der Waals surface area contributed by atoms with Gasteiger partial charge in [-0.25, -0.2) is 4.39 Å². The molecule has 1 N–H and O–H groups in total. The van der Waals surface area contributed by atoms with Gasteiger partial charge in [0.15, 0.2) is 0 Å². The molecule has 1 nitrogen and oxygen atoms in total. The number of likely N-dealkylation sites (N-methyl/N-ethyl adjacent to an activating group) is 1. The smallest absolute Gasteiger partial charge is 0.314 e. The van der Waals surface area contributed by atoms with Crippen LogP contribution in [0, 0.1) is 5.82 Å². The van der Waals surface area contributed by atoms with Crippen LogP contribution in [0.2, 0.25) is 0 Å². The van der Waals surface area contributed by atoms with Crippen molar-refractivity contribution in [3.63, 3.8) is 0 Å². The second-order valence-corrected chi connectivity index (χ2v) is 5.12. The summed E-state index contributed by atoms with van der Waals surface area (Å²) in [5, 5.41) is 3.01. The van der Waals surface area contributed by atoms with Gasteiger partial charge in [0, 0.05) is 12.5 Å². The topological polar surface area (TPSA) is 12.0 Å². The molecule has 19 heavy (non-hydrogen) atoms. The van der Waals surface area contributed by atoms with Crippen molar-refractivity contribution in [2.45, 2.75) is 38.4 Å². The predicted octanol–water partition coefficient (Wildman–Crippen LogP) is 4.45. The zero-order chi connectivity index (χ0) is 14.5. The molecule has 1 unspecified atom stereocenters. The third-order valence-electron chi connectivity index (χ3n) is 2.77. The van der Waals surface area contributed by atoms with Gasteiger partial charge < -0.3 is 5.32 Å². The van der Waals surface area contributed by atoms with E-state index in [2.05, 4.69) is 21.2 Å². The van der Waals surface area contributed by atoms with Crippen LogP contribution in [-0.2, 0) is 6.42 Å². The highest BCUT2D eigenvalue weighted by Gasteiger charge is 2.28. The Bertz CT molecular complexity index is 406. The minimum atomic E-state index is -4.16. The van der Waals surface area contributed by atoms with Crippen LogP contribution in [0.3, 0.4) is 0 Å². The van der Waals surface area contributed by atoms with Gasteiger partial charge in [-0.05, 0) is 46.9 Å². The highest BCUT2D eigenvalue weighted by Crippen LogP contribution is 2.25. The Hall–Kier alpha value is -0.620. The monoisotopic (exact) mass is 341 g/mol. The van der Waals surface area contributed by atoms with Crippen molar-refractivity contribution in [1.29, 1.82) is 0 Å². The minimum Gasteiger partial charge on any atom is -0.314 e. The van der Waals surface area contributed by atoms with Crippen molar-refractivity contribution in [2.75, 3.05) is 6.54 Å². The van der Waals surface area contributed by atoms with E-state index in [-0.39, 0.29) is 12.5 Å². The zero-order valence-electron chi connectivity index (χ0n) is 10.5. The lowest BCUT2D eigenvalue weighted by molar-refractivity contribution is -0.136. The van der Waals surface area contributed by atoms with Crippen molar-refractivity contribution in [3.05, 3.63) is 34.1 Å². The molecule has 0 aliphatic carbocycles. The van der Waals surface area contributed by atoms with E-state index in [9.17, 15) is 17.6 Å². The van der Waals surface area contributed by atoms with E-state index in [1.165, 1.54) is 6.07 Å². The third-order valence-corrected chi connectivity index (χ3v) is 3.66. The first-order valence-corrected chi connectivity index (χ1v) is 6.85. The Balaban J connectivity index is 2.70. The van der Waals surface area contributed by atoms with Gasteiger partial charge in [-0.2, -0.15) is 13.2 Å². The van der Waals surface area contributed by atoms with Crippen LogP contribution in [-0.4, -0.2) is 18.8 Å². The Morgan fingerprint density at radius 3 is 2.58 bits per heavy atom. The molecular weight excluding hydrogens is 326 g/mol. The summed E-state index contributed by atoms with van der Waals surface area (Å²) in [6.07, 6.45) is -4.65. The van der Waals surface area contributed by atoms with Gasteiger partial charge in [-0.15, -0.1) is 0 Å². The summed E-state index contributed by atoms with van der Waals surface area (Å²) in [5.41, 5.74) is 0.674. The largest absolute Gasteiger partial charge is 0.389 e. The molecule has 108 valence electrons. The molecule has 0 spiro atoms. The molecule has 0 heterocycles. The predicted molar refractivity (Wildman–Crippen MR) is 70.6 cm³/mol. The first-order valence-electron chi connectivity index (χ1n) is 6.06. The van der Waals surface area contributed by atoms with Gasteiger partial charge in [-0.3, -0.25) is 0 Å². The Labute approximate surface area is 118 Å². The van der Waals surface area contributed by atoms with E-state index in [0.717, 1.165) is 0 Å².